The molecule has 0 aromatic heterocycles. The molecule has 0 bridgehead atoms. The van der Waals surface area contributed by atoms with E-state index < -0.39 is 15.6 Å². The highest BCUT2D eigenvalue weighted by Gasteiger charge is 2.26. The van der Waals surface area contributed by atoms with E-state index in [-0.39, 0.29) is 17.1 Å². The Morgan fingerprint density at radius 3 is 2.33 bits per heavy atom. The van der Waals surface area contributed by atoms with Gasteiger partial charge in [-0.3, -0.25) is 4.90 Å². The Bertz CT molecular complexity index is 613. The van der Waals surface area contributed by atoms with Crippen molar-refractivity contribution in [3.8, 4) is 0 Å². The quantitative estimate of drug-likeness (QED) is 0.756. The summed E-state index contributed by atoms with van der Waals surface area (Å²) in [5.41, 5.74) is 0.715. The van der Waals surface area contributed by atoms with Crippen LogP contribution in [0.2, 0.25) is 0 Å². The summed E-state index contributed by atoms with van der Waals surface area (Å²) in [5.74, 6) is -3.39. The summed E-state index contributed by atoms with van der Waals surface area (Å²) in [5, 5.41) is 3.17. The molecule has 5 nitrogen and oxygen atoms in total. The van der Waals surface area contributed by atoms with E-state index in [1.807, 2.05) is 0 Å². The molecular formula is C16H24F2N2O3S. The third-order valence-corrected chi connectivity index (χ3v) is 5.29. The highest BCUT2D eigenvalue weighted by atomic mass is 32.2. The molecule has 0 radical (unpaired) electrons. The number of sulfone groups is 1. The van der Waals surface area contributed by atoms with E-state index in [2.05, 4.69) is 24.1 Å². The van der Waals surface area contributed by atoms with Gasteiger partial charge in [0.05, 0.1) is 17.1 Å². The van der Waals surface area contributed by atoms with Crippen LogP contribution in [0.5, 0.6) is 0 Å². The first-order valence-corrected chi connectivity index (χ1v) is 9.57. The van der Waals surface area contributed by atoms with Gasteiger partial charge >= 0.3 is 5.76 Å². The van der Waals surface area contributed by atoms with Gasteiger partial charge in [-0.1, -0.05) is 0 Å². The summed E-state index contributed by atoms with van der Waals surface area (Å²) in [6, 6.07) is 5.42. The number of rotatable bonds is 7. The van der Waals surface area contributed by atoms with Crippen molar-refractivity contribution >= 4 is 15.5 Å². The van der Waals surface area contributed by atoms with Crippen LogP contribution in [-0.4, -0.2) is 57.5 Å². The first-order chi connectivity index (χ1) is 11.3. The molecule has 0 aliphatic carbocycles. The van der Waals surface area contributed by atoms with Crippen LogP contribution in [0.25, 0.3) is 0 Å². The number of morpholine rings is 1. The SMILES string of the molecule is CC1CN(CCCNc2ccc(S(=O)(=O)C(F)F)cc2)CC(C)O1. The number of ether oxygens (including phenoxy) is 1. The summed E-state index contributed by atoms with van der Waals surface area (Å²) in [6.45, 7) is 7.64. The Morgan fingerprint density at radius 1 is 1.21 bits per heavy atom. The maximum Gasteiger partial charge on any atom is 0.341 e. The van der Waals surface area contributed by atoms with E-state index in [0.717, 1.165) is 32.6 Å². The average Bonchev–Trinajstić information content (AvgIpc) is 2.51. The van der Waals surface area contributed by atoms with Crippen molar-refractivity contribution in [1.29, 1.82) is 0 Å². The van der Waals surface area contributed by atoms with Gasteiger partial charge in [-0.25, -0.2) is 8.42 Å². The van der Waals surface area contributed by atoms with E-state index in [4.69, 9.17) is 4.74 Å². The topological polar surface area (TPSA) is 58.6 Å². The maximum absolute atomic E-state index is 12.5. The molecule has 1 aliphatic rings. The second-order valence-corrected chi connectivity index (χ2v) is 8.05. The first kappa shape index (κ1) is 19.1. The molecule has 1 fully saturated rings. The molecule has 2 atom stereocenters. The minimum Gasteiger partial charge on any atom is -0.385 e. The summed E-state index contributed by atoms with van der Waals surface area (Å²) < 4.78 is 53.3. The lowest BCUT2D eigenvalue weighted by Crippen LogP contribution is -2.45. The van der Waals surface area contributed by atoms with Crippen molar-refractivity contribution in [1.82, 2.24) is 4.90 Å². The number of benzene rings is 1. The zero-order chi connectivity index (χ0) is 17.7. The molecule has 2 unspecified atom stereocenters. The molecule has 136 valence electrons. The van der Waals surface area contributed by atoms with Crippen molar-refractivity contribution in [3.63, 3.8) is 0 Å². The second-order valence-electron chi connectivity index (χ2n) is 6.13. The Hall–Kier alpha value is -1.25. The summed E-state index contributed by atoms with van der Waals surface area (Å²) in [4.78, 5) is 2.00. The van der Waals surface area contributed by atoms with Crippen molar-refractivity contribution in [2.45, 2.75) is 43.1 Å². The Morgan fingerprint density at radius 2 is 1.79 bits per heavy atom. The lowest BCUT2D eigenvalue weighted by Gasteiger charge is -2.35. The maximum atomic E-state index is 12.5. The molecule has 0 saturated carbocycles. The number of anilines is 1. The minimum absolute atomic E-state index is 0.242. The third-order valence-electron chi connectivity index (χ3n) is 3.89. The molecule has 0 amide bonds. The largest absolute Gasteiger partial charge is 0.385 e. The van der Waals surface area contributed by atoms with Gasteiger partial charge in [0.1, 0.15) is 0 Å². The highest BCUT2D eigenvalue weighted by Crippen LogP contribution is 2.20. The lowest BCUT2D eigenvalue weighted by molar-refractivity contribution is -0.0678. The summed E-state index contributed by atoms with van der Waals surface area (Å²) in [7, 11) is -4.52. The second kappa shape index (κ2) is 8.22. The van der Waals surface area contributed by atoms with Gasteiger partial charge in [-0.2, -0.15) is 8.78 Å². The van der Waals surface area contributed by atoms with Crippen LogP contribution in [0.3, 0.4) is 0 Å². The van der Waals surface area contributed by atoms with Gasteiger partial charge in [0.15, 0.2) is 0 Å². The van der Waals surface area contributed by atoms with Crippen LogP contribution in [0.4, 0.5) is 14.5 Å². The number of nitrogens with zero attached hydrogens (tertiary/aromatic N) is 1. The van der Waals surface area contributed by atoms with Crippen molar-refractivity contribution in [2.24, 2.45) is 0 Å². The fourth-order valence-electron chi connectivity index (χ4n) is 2.87. The molecule has 1 N–H and O–H groups in total. The average molecular weight is 362 g/mol. The lowest BCUT2D eigenvalue weighted by atomic mass is 10.2. The molecule has 1 heterocycles. The number of alkyl halides is 2. The normalized spacial score (nSPS) is 22.7. The van der Waals surface area contributed by atoms with Crippen LogP contribution in [0.15, 0.2) is 29.2 Å². The summed E-state index contributed by atoms with van der Waals surface area (Å²) >= 11 is 0. The molecule has 2 rings (SSSR count). The predicted octanol–water partition coefficient (Wildman–Crippen LogP) is 2.59. The predicted molar refractivity (Wildman–Crippen MR) is 89.2 cm³/mol. The van der Waals surface area contributed by atoms with Crippen LogP contribution in [0, 0.1) is 0 Å². The van der Waals surface area contributed by atoms with Crippen LogP contribution >= 0.6 is 0 Å². The Balaban J connectivity index is 1.77. The van der Waals surface area contributed by atoms with Gasteiger partial charge in [-0.05, 0) is 44.5 Å². The fourth-order valence-corrected chi connectivity index (χ4v) is 3.59. The molecule has 8 heteroatoms. The minimum atomic E-state index is -4.52. The van der Waals surface area contributed by atoms with Crippen molar-refractivity contribution in [2.75, 3.05) is 31.5 Å². The van der Waals surface area contributed by atoms with Gasteiger partial charge in [0.25, 0.3) is 0 Å². The number of nitrogens with one attached hydrogen (secondary N) is 1. The highest BCUT2D eigenvalue weighted by molar-refractivity contribution is 7.91. The van der Waals surface area contributed by atoms with Crippen molar-refractivity contribution < 1.29 is 21.9 Å². The summed E-state index contributed by atoms with van der Waals surface area (Å²) in [6.07, 6.45) is 1.41. The molecule has 0 spiro atoms. The van der Waals surface area contributed by atoms with Gasteiger partial charge in [0, 0.05) is 31.9 Å². The Labute approximate surface area is 141 Å². The van der Waals surface area contributed by atoms with E-state index in [1.54, 1.807) is 0 Å². The number of hydrogen-bond acceptors (Lipinski definition) is 5. The third kappa shape index (κ3) is 5.12. The van der Waals surface area contributed by atoms with Crippen molar-refractivity contribution in [3.05, 3.63) is 24.3 Å². The fraction of sp³-hybridized carbons (Fsp3) is 0.625. The molecule has 1 saturated heterocycles. The zero-order valence-corrected chi connectivity index (χ0v) is 14.7. The van der Waals surface area contributed by atoms with Gasteiger partial charge in [-0.15, -0.1) is 0 Å². The van der Waals surface area contributed by atoms with E-state index in [0.29, 0.717) is 5.69 Å². The first-order valence-electron chi connectivity index (χ1n) is 8.03. The zero-order valence-electron chi connectivity index (χ0n) is 13.9. The monoisotopic (exact) mass is 362 g/mol. The van der Waals surface area contributed by atoms with E-state index in [1.165, 1.54) is 24.3 Å². The smallest absolute Gasteiger partial charge is 0.341 e. The standard InChI is InChI=1S/C16H24F2N2O3S/c1-12-10-20(11-13(2)23-12)9-3-8-19-14-4-6-15(7-5-14)24(21,22)16(17)18/h4-7,12-13,16,19H,3,8-11H2,1-2H3. The van der Waals surface area contributed by atoms with Crippen LogP contribution < -0.4 is 5.32 Å². The molecular weight excluding hydrogens is 338 g/mol. The molecule has 1 aromatic carbocycles. The molecule has 1 aromatic rings. The van der Waals surface area contributed by atoms with Crippen LogP contribution in [0.1, 0.15) is 20.3 Å². The van der Waals surface area contributed by atoms with Gasteiger partial charge < -0.3 is 10.1 Å². The Kier molecular flexibility index (Phi) is 6.54. The molecule has 24 heavy (non-hydrogen) atoms. The van der Waals surface area contributed by atoms with E-state index >= 15 is 0 Å². The number of halogens is 2. The molecule has 1 aliphatic heterocycles. The van der Waals surface area contributed by atoms with E-state index in [9.17, 15) is 17.2 Å². The van der Waals surface area contributed by atoms with Gasteiger partial charge in [0.2, 0.25) is 9.84 Å². The van der Waals surface area contributed by atoms with Crippen LogP contribution in [-0.2, 0) is 14.6 Å². The number of hydrogen-bond donors (Lipinski definition) is 1.